The van der Waals surface area contributed by atoms with Crippen molar-refractivity contribution >= 4 is 17.4 Å². The summed E-state index contributed by atoms with van der Waals surface area (Å²) < 4.78 is 41.2. The monoisotopic (exact) mass is 351 g/mol. The van der Waals surface area contributed by atoms with Crippen LogP contribution in [-0.2, 0) is 4.79 Å². The van der Waals surface area contributed by atoms with E-state index in [1.165, 1.54) is 12.1 Å². The Kier molecular flexibility index (Phi) is 7.35. The molecule has 1 N–H and O–H groups in total. The SMILES string of the molecule is CCCC(=O)[C@H](CNC(C)C)c1ccc(Cl)c(OC(F)(F)F)c1. The largest absolute Gasteiger partial charge is 0.573 e. The first kappa shape index (κ1) is 19.8. The minimum Gasteiger partial charge on any atom is -0.404 e. The first-order valence-electron chi connectivity index (χ1n) is 7.45. The molecule has 0 unspecified atom stereocenters. The molecular weight excluding hydrogens is 331 g/mol. The number of Topliss-reactive ketones (excluding diaryl/α,β-unsaturated/α-hetero) is 1. The smallest absolute Gasteiger partial charge is 0.404 e. The Balaban J connectivity index is 3.09. The van der Waals surface area contributed by atoms with Crippen molar-refractivity contribution in [2.75, 3.05) is 6.54 Å². The topological polar surface area (TPSA) is 38.3 Å². The number of carbonyl (C=O) groups excluding carboxylic acids is 1. The second-order valence-corrected chi connectivity index (χ2v) is 5.98. The van der Waals surface area contributed by atoms with E-state index in [4.69, 9.17) is 11.6 Å². The van der Waals surface area contributed by atoms with Crippen molar-refractivity contribution in [3.8, 4) is 5.75 Å². The molecule has 0 heterocycles. The number of halogens is 4. The van der Waals surface area contributed by atoms with Gasteiger partial charge in [0.05, 0.1) is 10.9 Å². The molecule has 0 bridgehead atoms. The summed E-state index contributed by atoms with van der Waals surface area (Å²) in [6, 6.07) is 4.23. The average molecular weight is 352 g/mol. The van der Waals surface area contributed by atoms with Crippen LogP contribution in [0.2, 0.25) is 5.02 Å². The lowest BCUT2D eigenvalue weighted by Crippen LogP contribution is -2.31. The van der Waals surface area contributed by atoms with E-state index in [9.17, 15) is 18.0 Å². The molecule has 3 nitrogen and oxygen atoms in total. The van der Waals surface area contributed by atoms with Gasteiger partial charge in [0.1, 0.15) is 11.5 Å². The summed E-state index contributed by atoms with van der Waals surface area (Å²) in [6.07, 6.45) is -3.79. The van der Waals surface area contributed by atoms with Gasteiger partial charge in [-0.25, -0.2) is 0 Å². The number of ketones is 1. The molecule has 0 spiro atoms. The summed E-state index contributed by atoms with van der Waals surface area (Å²) >= 11 is 5.75. The molecule has 0 saturated carbocycles. The molecule has 0 aliphatic carbocycles. The third-order valence-electron chi connectivity index (χ3n) is 3.20. The van der Waals surface area contributed by atoms with E-state index in [0.29, 0.717) is 24.9 Å². The van der Waals surface area contributed by atoms with Gasteiger partial charge >= 0.3 is 6.36 Å². The normalized spacial score (nSPS) is 13.2. The van der Waals surface area contributed by atoms with Crippen LogP contribution in [0, 0.1) is 0 Å². The summed E-state index contributed by atoms with van der Waals surface area (Å²) in [4.78, 5) is 12.3. The van der Waals surface area contributed by atoms with E-state index in [-0.39, 0.29) is 16.8 Å². The summed E-state index contributed by atoms with van der Waals surface area (Å²) in [5.74, 6) is -1.05. The van der Waals surface area contributed by atoms with Gasteiger partial charge in [-0.2, -0.15) is 0 Å². The highest BCUT2D eigenvalue weighted by molar-refractivity contribution is 6.32. The molecule has 0 amide bonds. The van der Waals surface area contributed by atoms with Crippen molar-refractivity contribution in [1.29, 1.82) is 0 Å². The Hall–Kier alpha value is -1.27. The lowest BCUT2D eigenvalue weighted by molar-refractivity contribution is -0.274. The molecule has 7 heteroatoms. The zero-order valence-corrected chi connectivity index (χ0v) is 14.1. The molecule has 0 aliphatic heterocycles. The number of hydrogen-bond acceptors (Lipinski definition) is 3. The first-order chi connectivity index (χ1) is 10.6. The van der Waals surface area contributed by atoms with Crippen molar-refractivity contribution in [1.82, 2.24) is 5.32 Å². The number of hydrogen-bond donors (Lipinski definition) is 1. The van der Waals surface area contributed by atoms with Gasteiger partial charge in [0.25, 0.3) is 0 Å². The average Bonchev–Trinajstić information content (AvgIpc) is 2.40. The van der Waals surface area contributed by atoms with Crippen LogP contribution in [0.15, 0.2) is 18.2 Å². The van der Waals surface area contributed by atoms with Crippen LogP contribution in [0.25, 0.3) is 0 Å². The Labute approximate surface area is 139 Å². The number of carbonyl (C=O) groups is 1. The van der Waals surface area contributed by atoms with Crippen molar-refractivity contribution in [3.63, 3.8) is 0 Å². The summed E-state index contributed by atoms with van der Waals surface area (Å²) in [7, 11) is 0. The zero-order chi connectivity index (χ0) is 17.6. The molecule has 0 radical (unpaired) electrons. The molecule has 1 aromatic rings. The number of ether oxygens (including phenoxy) is 1. The highest BCUT2D eigenvalue weighted by Gasteiger charge is 2.32. The quantitative estimate of drug-likeness (QED) is 0.738. The molecule has 1 atom stereocenters. The Morgan fingerprint density at radius 2 is 2.00 bits per heavy atom. The lowest BCUT2D eigenvalue weighted by Gasteiger charge is -2.20. The second kappa shape index (κ2) is 8.55. The molecule has 0 aromatic heterocycles. The standard InChI is InChI=1S/C16H21ClF3NO2/c1-4-5-14(22)12(9-21-10(2)3)11-6-7-13(17)15(8-11)23-16(18,19)20/h6-8,10,12,21H,4-5,9H2,1-3H3/t12-/m1/s1. The van der Waals surface area contributed by atoms with Gasteiger partial charge in [0.2, 0.25) is 0 Å². The maximum Gasteiger partial charge on any atom is 0.573 e. The highest BCUT2D eigenvalue weighted by atomic mass is 35.5. The van der Waals surface area contributed by atoms with Gasteiger partial charge in [0.15, 0.2) is 0 Å². The minimum absolute atomic E-state index is 0.0269. The van der Waals surface area contributed by atoms with Crippen LogP contribution in [0.5, 0.6) is 5.75 Å². The van der Waals surface area contributed by atoms with Crippen molar-refractivity contribution in [2.45, 2.75) is 51.9 Å². The second-order valence-electron chi connectivity index (χ2n) is 5.57. The van der Waals surface area contributed by atoms with Crippen LogP contribution >= 0.6 is 11.6 Å². The number of alkyl halides is 3. The van der Waals surface area contributed by atoms with E-state index in [1.54, 1.807) is 6.07 Å². The van der Waals surface area contributed by atoms with Crippen molar-refractivity contribution in [3.05, 3.63) is 28.8 Å². The Morgan fingerprint density at radius 1 is 1.35 bits per heavy atom. The lowest BCUT2D eigenvalue weighted by atomic mass is 9.92. The van der Waals surface area contributed by atoms with Gasteiger partial charge in [-0.05, 0) is 24.1 Å². The van der Waals surface area contributed by atoms with Crippen LogP contribution in [0.1, 0.15) is 45.1 Å². The van der Waals surface area contributed by atoms with E-state index in [2.05, 4.69) is 10.1 Å². The number of nitrogens with one attached hydrogen (secondary N) is 1. The molecule has 1 aromatic carbocycles. The third-order valence-corrected chi connectivity index (χ3v) is 3.51. The third kappa shape index (κ3) is 6.79. The maximum atomic E-state index is 12.4. The predicted octanol–water partition coefficient (Wildman–Crippen LogP) is 4.69. The minimum atomic E-state index is -4.83. The molecule has 130 valence electrons. The van der Waals surface area contributed by atoms with Crippen LogP contribution in [-0.4, -0.2) is 24.7 Å². The zero-order valence-electron chi connectivity index (χ0n) is 13.3. The molecule has 0 fully saturated rings. The van der Waals surface area contributed by atoms with E-state index >= 15 is 0 Å². The number of benzene rings is 1. The van der Waals surface area contributed by atoms with Crippen LogP contribution in [0.4, 0.5) is 13.2 Å². The van der Waals surface area contributed by atoms with E-state index in [1.807, 2.05) is 20.8 Å². The van der Waals surface area contributed by atoms with Crippen molar-refractivity contribution in [2.24, 2.45) is 0 Å². The molecule has 23 heavy (non-hydrogen) atoms. The summed E-state index contributed by atoms with van der Waals surface area (Å²) in [5.41, 5.74) is 0.459. The fraction of sp³-hybridized carbons (Fsp3) is 0.562. The predicted molar refractivity (Wildman–Crippen MR) is 83.9 cm³/mol. The Bertz CT molecular complexity index is 533. The highest BCUT2D eigenvalue weighted by Crippen LogP contribution is 2.33. The fourth-order valence-electron chi connectivity index (χ4n) is 2.13. The van der Waals surface area contributed by atoms with Gasteiger partial charge in [-0.15, -0.1) is 13.2 Å². The summed E-state index contributed by atoms with van der Waals surface area (Å²) in [5, 5.41) is 3.00. The molecular formula is C16H21ClF3NO2. The molecule has 0 saturated heterocycles. The Morgan fingerprint density at radius 3 is 2.52 bits per heavy atom. The molecule has 1 rings (SSSR count). The summed E-state index contributed by atoms with van der Waals surface area (Å²) in [6.45, 7) is 6.09. The van der Waals surface area contributed by atoms with Crippen molar-refractivity contribution < 1.29 is 22.7 Å². The first-order valence-corrected chi connectivity index (χ1v) is 7.83. The van der Waals surface area contributed by atoms with E-state index < -0.39 is 18.0 Å². The maximum absolute atomic E-state index is 12.4. The van der Waals surface area contributed by atoms with E-state index in [0.717, 1.165) is 0 Å². The fourth-order valence-corrected chi connectivity index (χ4v) is 2.29. The van der Waals surface area contributed by atoms with Gasteiger partial charge in [-0.1, -0.05) is 38.4 Å². The van der Waals surface area contributed by atoms with Crippen LogP contribution in [0.3, 0.4) is 0 Å². The van der Waals surface area contributed by atoms with Gasteiger partial charge < -0.3 is 10.1 Å². The number of rotatable bonds is 8. The van der Waals surface area contributed by atoms with Gasteiger partial charge in [0, 0.05) is 19.0 Å². The van der Waals surface area contributed by atoms with Gasteiger partial charge in [-0.3, -0.25) is 4.79 Å². The molecule has 0 aliphatic rings. The van der Waals surface area contributed by atoms with Crippen LogP contribution < -0.4 is 10.1 Å².